The summed E-state index contributed by atoms with van der Waals surface area (Å²) < 4.78 is 1.01. The van der Waals surface area contributed by atoms with E-state index >= 15 is 0 Å². The van der Waals surface area contributed by atoms with E-state index in [4.69, 9.17) is 11.6 Å². The van der Waals surface area contributed by atoms with Crippen molar-refractivity contribution in [3.8, 4) is 0 Å². The molecule has 1 nitrogen and oxygen atoms in total. The summed E-state index contributed by atoms with van der Waals surface area (Å²) in [5.74, 6) is 0.834. The summed E-state index contributed by atoms with van der Waals surface area (Å²) in [5.41, 5.74) is 1.07. The number of hydrogen-bond donors (Lipinski definition) is 0. The van der Waals surface area contributed by atoms with Crippen molar-refractivity contribution in [3.63, 3.8) is 0 Å². The van der Waals surface area contributed by atoms with E-state index in [0.29, 0.717) is 11.8 Å². The molecule has 3 heteroatoms. The third-order valence-electron chi connectivity index (χ3n) is 2.30. The molecular formula is C11H15BrClN. The third-order valence-corrected chi connectivity index (χ3v) is 3.05. The van der Waals surface area contributed by atoms with Crippen LogP contribution in [-0.2, 0) is 0 Å². The van der Waals surface area contributed by atoms with Gasteiger partial charge in [-0.05, 0) is 40.9 Å². The SMILES string of the molecule is CC(C)C(c1ccc(Br)cn1)C(C)Cl. The van der Waals surface area contributed by atoms with Gasteiger partial charge in [0.2, 0.25) is 0 Å². The molecule has 0 aromatic carbocycles. The molecule has 1 rings (SSSR count). The number of rotatable bonds is 3. The molecule has 0 aliphatic carbocycles. The molecule has 0 fully saturated rings. The van der Waals surface area contributed by atoms with Crippen molar-refractivity contribution < 1.29 is 0 Å². The zero-order valence-electron chi connectivity index (χ0n) is 8.67. The Morgan fingerprint density at radius 2 is 1.93 bits per heavy atom. The van der Waals surface area contributed by atoms with Crippen LogP contribution in [-0.4, -0.2) is 10.4 Å². The van der Waals surface area contributed by atoms with Gasteiger partial charge in [-0.25, -0.2) is 0 Å². The van der Waals surface area contributed by atoms with Crippen molar-refractivity contribution in [2.75, 3.05) is 0 Å². The number of alkyl halides is 1. The van der Waals surface area contributed by atoms with Gasteiger partial charge in [-0.2, -0.15) is 0 Å². The van der Waals surface area contributed by atoms with Crippen LogP contribution in [0.15, 0.2) is 22.8 Å². The topological polar surface area (TPSA) is 12.9 Å². The summed E-state index contributed by atoms with van der Waals surface area (Å²) in [6.07, 6.45) is 1.82. The standard InChI is InChI=1S/C11H15BrClN/c1-7(2)11(8(3)13)10-5-4-9(12)6-14-10/h4-8,11H,1-3H3. The van der Waals surface area contributed by atoms with E-state index in [1.807, 2.05) is 25.3 Å². The average Bonchev–Trinajstić information content (AvgIpc) is 2.07. The lowest BCUT2D eigenvalue weighted by molar-refractivity contribution is 0.480. The molecule has 0 amide bonds. The Balaban J connectivity index is 2.94. The van der Waals surface area contributed by atoms with E-state index in [1.54, 1.807) is 0 Å². The highest BCUT2D eigenvalue weighted by Crippen LogP contribution is 2.29. The molecule has 2 atom stereocenters. The summed E-state index contributed by atoms with van der Waals surface area (Å²) >= 11 is 9.53. The van der Waals surface area contributed by atoms with E-state index in [1.165, 1.54) is 0 Å². The van der Waals surface area contributed by atoms with Crippen LogP contribution in [0.1, 0.15) is 32.4 Å². The lowest BCUT2D eigenvalue weighted by atomic mass is 9.89. The molecule has 0 aliphatic rings. The minimum atomic E-state index is 0.115. The predicted molar refractivity (Wildman–Crippen MR) is 64.8 cm³/mol. The second-order valence-electron chi connectivity index (χ2n) is 3.85. The fraction of sp³-hybridized carbons (Fsp3) is 0.545. The largest absolute Gasteiger partial charge is 0.260 e. The molecule has 0 saturated heterocycles. The highest BCUT2D eigenvalue weighted by Gasteiger charge is 2.22. The van der Waals surface area contributed by atoms with Crippen molar-refractivity contribution in [3.05, 3.63) is 28.5 Å². The number of pyridine rings is 1. The molecule has 78 valence electrons. The second kappa shape index (κ2) is 5.13. The van der Waals surface area contributed by atoms with Crippen LogP contribution in [0.4, 0.5) is 0 Å². The summed E-state index contributed by atoms with van der Waals surface area (Å²) in [7, 11) is 0. The lowest BCUT2D eigenvalue weighted by Crippen LogP contribution is -2.17. The van der Waals surface area contributed by atoms with Gasteiger partial charge in [0.25, 0.3) is 0 Å². The van der Waals surface area contributed by atoms with Gasteiger partial charge in [-0.3, -0.25) is 4.98 Å². The quantitative estimate of drug-likeness (QED) is 0.754. The molecule has 0 aliphatic heterocycles. The van der Waals surface area contributed by atoms with Gasteiger partial charge in [-0.1, -0.05) is 13.8 Å². The van der Waals surface area contributed by atoms with Crippen LogP contribution < -0.4 is 0 Å². The number of halogens is 2. The molecular weight excluding hydrogens is 261 g/mol. The fourth-order valence-corrected chi connectivity index (χ4v) is 2.35. The first kappa shape index (κ1) is 12.0. The molecule has 1 aromatic rings. The highest BCUT2D eigenvalue weighted by atomic mass is 79.9. The minimum Gasteiger partial charge on any atom is -0.260 e. The van der Waals surface area contributed by atoms with Crippen LogP contribution in [0.3, 0.4) is 0 Å². The normalized spacial score (nSPS) is 15.6. The van der Waals surface area contributed by atoms with E-state index < -0.39 is 0 Å². The summed E-state index contributed by atoms with van der Waals surface area (Å²) in [5, 5.41) is 0.115. The molecule has 0 bridgehead atoms. The molecule has 0 radical (unpaired) electrons. The summed E-state index contributed by atoms with van der Waals surface area (Å²) in [6.45, 7) is 6.37. The van der Waals surface area contributed by atoms with Gasteiger partial charge < -0.3 is 0 Å². The Bertz CT molecular complexity index is 274. The molecule has 0 saturated carbocycles. The Morgan fingerprint density at radius 1 is 1.29 bits per heavy atom. The van der Waals surface area contributed by atoms with Gasteiger partial charge in [0, 0.05) is 27.7 Å². The highest BCUT2D eigenvalue weighted by molar-refractivity contribution is 9.10. The first-order valence-electron chi connectivity index (χ1n) is 4.78. The fourth-order valence-electron chi connectivity index (χ4n) is 1.69. The first-order valence-corrected chi connectivity index (χ1v) is 6.01. The first-order chi connectivity index (χ1) is 6.52. The maximum atomic E-state index is 6.16. The van der Waals surface area contributed by atoms with Gasteiger partial charge in [-0.15, -0.1) is 11.6 Å². The van der Waals surface area contributed by atoms with Crippen molar-refractivity contribution in [2.45, 2.75) is 32.1 Å². The molecule has 1 heterocycles. The molecule has 14 heavy (non-hydrogen) atoms. The number of hydrogen-bond acceptors (Lipinski definition) is 1. The van der Waals surface area contributed by atoms with Crippen molar-refractivity contribution in [1.82, 2.24) is 4.98 Å². The maximum Gasteiger partial charge on any atom is 0.0452 e. The Morgan fingerprint density at radius 3 is 2.29 bits per heavy atom. The summed E-state index contributed by atoms with van der Waals surface area (Å²) in [4.78, 5) is 4.39. The minimum absolute atomic E-state index is 0.115. The molecule has 1 aromatic heterocycles. The van der Waals surface area contributed by atoms with E-state index in [-0.39, 0.29) is 5.38 Å². The molecule has 2 unspecified atom stereocenters. The average molecular weight is 277 g/mol. The van der Waals surface area contributed by atoms with Gasteiger partial charge in [0.15, 0.2) is 0 Å². The predicted octanol–water partition coefficient (Wildman–Crippen LogP) is 4.21. The van der Waals surface area contributed by atoms with E-state index in [0.717, 1.165) is 10.2 Å². The zero-order valence-corrected chi connectivity index (χ0v) is 11.0. The second-order valence-corrected chi connectivity index (χ2v) is 5.45. The van der Waals surface area contributed by atoms with Crippen LogP contribution in [0.5, 0.6) is 0 Å². The molecule has 0 N–H and O–H groups in total. The van der Waals surface area contributed by atoms with Crippen molar-refractivity contribution >= 4 is 27.5 Å². The van der Waals surface area contributed by atoms with E-state index in [9.17, 15) is 0 Å². The van der Waals surface area contributed by atoms with Gasteiger partial charge in [0.1, 0.15) is 0 Å². The Labute approximate surface area is 99.0 Å². The Hall–Kier alpha value is -0.0800. The monoisotopic (exact) mass is 275 g/mol. The van der Waals surface area contributed by atoms with Crippen LogP contribution in [0.25, 0.3) is 0 Å². The van der Waals surface area contributed by atoms with Gasteiger partial charge in [0.05, 0.1) is 0 Å². The van der Waals surface area contributed by atoms with Crippen LogP contribution in [0.2, 0.25) is 0 Å². The Kier molecular flexibility index (Phi) is 4.39. The van der Waals surface area contributed by atoms with Crippen molar-refractivity contribution in [2.24, 2.45) is 5.92 Å². The van der Waals surface area contributed by atoms with E-state index in [2.05, 4.69) is 34.8 Å². The third kappa shape index (κ3) is 2.96. The summed E-state index contributed by atoms with van der Waals surface area (Å²) in [6, 6.07) is 4.05. The maximum absolute atomic E-state index is 6.16. The number of aromatic nitrogens is 1. The zero-order chi connectivity index (χ0) is 10.7. The van der Waals surface area contributed by atoms with Gasteiger partial charge >= 0.3 is 0 Å². The van der Waals surface area contributed by atoms with Crippen LogP contribution in [0, 0.1) is 5.92 Å². The van der Waals surface area contributed by atoms with Crippen molar-refractivity contribution in [1.29, 1.82) is 0 Å². The lowest BCUT2D eigenvalue weighted by Gasteiger charge is -2.22. The smallest absolute Gasteiger partial charge is 0.0452 e. The molecule has 0 spiro atoms. The number of nitrogens with zero attached hydrogens (tertiary/aromatic N) is 1. The van der Waals surface area contributed by atoms with Crippen LogP contribution >= 0.6 is 27.5 Å².